The number of ketones is 1. The molecule has 0 amide bonds. The Morgan fingerprint density at radius 2 is 2.07 bits per heavy atom. The van der Waals surface area contributed by atoms with Crippen LogP contribution in [-0.2, 0) is 14.6 Å². The molecular formula is C10H19NO3S. The van der Waals surface area contributed by atoms with E-state index in [9.17, 15) is 13.2 Å². The fraction of sp³-hybridized carbons (Fsp3) is 0.900. The van der Waals surface area contributed by atoms with E-state index in [2.05, 4.69) is 0 Å². The van der Waals surface area contributed by atoms with Crippen LogP contribution >= 0.6 is 0 Å². The third-order valence-corrected chi connectivity index (χ3v) is 4.73. The molecule has 2 unspecified atom stereocenters. The van der Waals surface area contributed by atoms with Crippen molar-refractivity contribution < 1.29 is 13.2 Å². The normalized spacial score (nSPS) is 26.8. The maximum absolute atomic E-state index is 11.6. The Kier molecular flexibility index (Phi) is 4.28. The van der Waals surface area contributed by atoms with Crippen LogP contribution in [0.25, 0.3) is 0 Å². The highest BCUT2D eigenvalue weighted by molar-refractivity contribution is 7.91. The Morgan fingerprint density at radius 1 is 1.40 bits per heavy atom. The first kappa shape index (κ1) is 12.6. The molecule has 1 fully saturated rings. The summed E-state index contributed by atoms with van der Waals surface area (Å²) in [7, 11) is -3.01. The van der Waals surface area contributed by atoms with Gasteiger partial charge >= 0.3 is 0 Å². The van der Waals surface area contributed by atoms with Gasteiger partial charge in [0, 0.05) is 24.1 Å². The van der Waals surface area contributed by atoms with Crippen molar-refractivity contribution in [3.05, 3.63) is 0 Å². The molecule has 0 aliphatic heterocycles. The maximum Gasteiger partial charge on any atom is 0.150 e. The quantitative estimate of drug-likeness (QED) is 0.750. The zero-order chi connectivity index (χ0) is 11.5. The summed E-state index contributed by atoms with van der Waals surface area (Å²) < 4.78 is 22.4. The maximum atomic E-state index is 11.6. The molecule has 5 heteroatoms. The van der Waals surface area contributed by atoms with Crippen molar-refractivity contribution in [1.82, 2.24) is 0 Å². The molecule has 1 saturated carbocycles. The molecule has 1 aliphatic carbocycles. The van der Waals surface area contributed by atoms with Crippen LogP contribution in [0.5, 0.6) is 0 Å². The lowest BCUT2D eigenvalue weighted by molar-refractivity contribution is -0.122. The third kappa shape index (κ3) is 3.91. The molecular weight excluding hydrogens is 214 g/mol. The van der Waals surface area contributed by atoms with Crippen LogP contribution in [0.4, 0.5) is 0 Å². The molecule has 0 bridgehead atoms. The predicted molar refractivity (Wildman–Crippen MR) is 59.3 cm³/mol. The molecule has 0 aromatic heterocycles. The molecule has 4 nitrogen and oxygen atoms in total. The van der Waals surface area contributed by atoms with Gasteiger partial charge in [0.2, 0.25) is 0 Å². The summed E-state index contributed by atoms with van der Waals surface area (Å²) in [6.07, 6.45) is 2.60. The molecule has 1 rings (SSSR count). The fourth-order valence-corrected chi connectivity index (χ4v) is 2.71. The predicted octanol–water partition coefficient (Wildman–Crippen LogP) is 0.508. The summed E-state index contributed by atoms with van der Waals surface area (Å²) in [6, 6.07) is 0.127. The number of rotatable bonds is 5. The molecule has 0 saturated heterocycles. The van der Waals surface area contributed by atoms with Crippen LogP contribution in [0.1, 0.15) is 32.6 Å². The van der Waals surface area contributed by atoms with Gasteiger partial charge in [-0.1, -0.05) is 6.92 Å². The SMILES string of the molecule is CCS(=O)(=O)CCC(=O)C1CCC(N)C1. The average Bonchev–Trinajstić information content (AvgIpc) is 2.61. The van der Waals surface area contributed by atoms with Crippen molar-refractivity contribution in [2.45, 2.75) is 38.6 Å². The van der Waals surface area contributed by atoms with Crippen LogP contribution < -0.4 is 5.73 Å². The van der Waals surface area contributed by atoms with Gasteiger partial charge in [-0.3, -0.25) is 4.79 Å². The number of carbonyl (C=O) groups is 1. The second kappa shape index (κ2) is 5.07. The molecule has 2 atom stereocenters. The average molecular weight is 233 g/mol. The number of hydrogen-bond acceptors (Lipinski definition) is 4. The molecule has 0 aromatic rings. The van der Waals surface area contributed by atoms with Crippen molar-refractivity contribution in [3.63, 3.8) is 0 Å². The van der Waals surface area contributed by atoms with Crippen molar-refractivity contribution in [2.75, 3.05) is 11.5 Å². The van der Waals surface area contributed by atoms with Crippen molar-refractivity contribution in [3.8, 4) is 0 Å². The van der Waals surface area contributed by atoms with Gasteiger partial charge in [0.25, 0.3) is 0 Å². The number of Topliss-reactive ketones (excluding diaryl/α,β-unsaturated/α-hetero) is 1. The van der Waals surface area contributed by atoms with Crippen LogP contribution in [0.2, 0.25) is 0 Å². The van der Waals surface area contributed by atoms with Gasteiger partial charge in [0.05, 0.1) is 5.75 Å². The molecule has 2 N–H and O–H groups in total. The Labute approximate surface area is 91.1 Å². The van der Waals surface area contributed by atoms with Gasteiger partial charge in [-0.2, -0.15) is 0 Å². The zero-order valence-electron chi connectivity index (χ0n) is 9.11. The molecule has 0 spiro atoms. The minimum absolute atomic E-state index is 0.00588. The summed E-state index contributed by atoms with van der Waals surface area (Å²) >= 11 is 0. The van der Waals surface area contributed by atoms with E-state index in [1.165, 1.54) is 0 Å². The van der Waals surface area contributed by atoms with Gasteiger partial charge in [-0.25, -0.2) is 8.42 Å². The standard InChI is InChI=1S/C10H19NO3S/c1-2-15(13,14)6-5-10(12)8-3-4-9(11)7-8/h8-9H,2-7,11H2,1H3. The number of nitrogens with two attached hydrogens (primary N) is 1. The van der Waals surface area contributed by atoms with Gasteiger partial charge in [0.15, 0.2) is 0 Å². The lowest BCUT2D eigenvalue weighted by atomic mass is 10.0. The first-order valence-electron chi connectivity index (χ1n) is 5.43. The van der Waals surface area contributed by atoms with Crippen molar-refractivity contribution >= 4 is 15.6 Å². The minimum atomic E-state index is -3.01. The molecule has 0 radical (unpaired) electrons. The van der Waals surface area contributed by atoms with E-state index in [1.807, 2.05) is 0 Å². The van der Waals surface area contributed by atoms with E-state index in [-0.39, 0.29) is 35.7 Å². The smallest absolute Gasteiger partial charge is 0.150 e. The topological polar surface area (TPSA) is 77.2 Å². The summed E-state index contributed by atoms with van der Waals surface area (Å²) in [5.41, 5.74) is 5.70. The van der Waals surface area contributed by atoms with Crippen molar-refractivity contribution in [1.29, 1.82) is 0 Å². The van der Waals surface area contributed by atoms with E-state index in [0.29, 0.717) is 0 Å². The van der Waals surface area contributed by atoms with E-state index < -0.39 is 9.84 Å². The molecule has 0 aromatic carbocycles. The van der Waals surface area contributed by atoms with Crippen LogP contribution in [0.3, 0.4) is 0 Å². The second-order valence-corrected chi connectivity index (χ2v) is 6.70. The molecule has 88 valence electrons. The summed E-state index contributed by atoms with van der Waals surface area (Å²) in [6.45, 7) is 1.60. The highest BCUT2D eigenvalue weighted by Crippen LogP contribution is 2.25. The lowest BCUT2D eigenvalue weighted by Gasteiger charge is -2.07. The Bertz CT molecular complexity index is 324. The van der Waals surface area contributed by atoms with E-state index in [0.717, 1.165) is 19.3 Å². The fourth-order valence-electron chi connectivity index (χ4n) is 1.91. The summed E-state index contributed by atoms with van der Waals surface area (Å²) in [4.78, 5) is 11.6. The minimum Gasteiger partial charge on any atom is -0.328 e. The molecule has 15 heavy (non-hydrogen) atoms. The molecule has 0 heterocycles. The van der Waals surface area contributed by atoms with Gasteiger partial charge in [0.1, 0.15) is 15.6 Å². The monoisotopic (exact) mass is 233 g/mol. The Morgan fingerprint density at radius 3 is 2.53 bits per heavy atom. The Balaban J connectivity index is 2.37. The van der Waals surface area contributed by atoms with E-state index >= 15 is 0 Å². The second-order valence-electron chi connectivity index (χ2n) is 4.22. The number of hydrogen-bond donors (Lipinski definition) is 1. The van der Waals surface area contributed by atoms with Crippen molar-refractivity contribution in [2.24, 2.45) is 11.7 Å². The van der Waals surface area contributed by atoms with Crippen LogP contribution in [-0.4, -0.2) is 31.7 Å². The van der Waals surface area contributed by atoms with E-state index in [4.69, 9.17) is 5.73 Å². The van der Waals surface area contributed by atoms with Gasteiger partial charge < -0.3 is 5.73 Å². The number of sulfone groups is 1. The largest absolute Gasteiger partial charge is 0.328 e. The van der Waals surface area contributed by atoms with E-state index in [1.54, 1.807) is 6.92 Å². The summed E-state index contributed by atoms with van der Waals surface area (Å²) in [5, 5.41) is 0. The highest BCUT2D eigenvalue weighted by Gasteiger charge is 2.27. The van der Waals surface area contributed by atoms with Gasteiger partial charge in [-0.05, 0) is 19.3 Å². The zero-order valence-corrected chi connectivity index (χ0v) is 9.92. The van der Waals surface area contributed by atoms with Crippen LogP contribution in [0.15, 0.2) is 0 Å². The first-order chi connectivity index (χ1) is 6.94. The lowest BCUT2D eigenvalue weighted by Crippen LogP contribution is -2.20. The first-order valence-corrected chi connectivity index (χ1v) is 7.25. The third-order valence-electron chi connectivity index (χ3n) is 3.03. The Hall–Kier alpha value is -0.420. The highest BCUT2D eigenvalue weighted by atomic mass is 32.2. The number of carbonyl (C=O) groups excluding carboxylic acids is 1. The molecule has 1 aliphatic rings. The van der Waals surface area contributed by atoms with Crippen LogP contribution in [0, 0.1) is 5.92 Å². The summed E-state index contributed by atoms with van der Waals surface area (Å²) in [5.74, 6) is 0.186. The van der Waals surface area contributed by atoms with Gasteiger partial charge in [-0.15, -0.1) is 0 Å².